The average molecular weight is 486 g/mol. The van der Waals surface area contributed by atoms with Crippen molar-refractivity contribution in [2.24, 2.45) is 11.8 Å². The fourth-order valence-electron chi connectivity index (χ4n) is 4.38. The number of likely N-dealkylation sites (tertiary alicyclic amines) is 1. The molecule has 0 aliphatic carbocycles. The Balaban J connectivity index is 1.25. The zero-order valence-corrected chi connectivity index (χ0v) is 20.5. The smallest absolute Gasteiger partial charge is 0.229 e. The fraction of sp³-hybridized carbons (Fsp3) is 0.542. The lowest BCUT2D eigenvalue weighted by atomic mass is 9.94. The summed E-state index contributed by atoms with van der Waals surface area (Å²) in [4.78, 5) is 41.8. The maximum atomic E-state index is 13.1. The first-order chi connectivity index (χ1) is 16.4. The van der Waals surface area contributed by atoms with Crippen molar-refractivity contribution in [1.82, 2.24) is 15.1 Å². The predicted octanol–water partition coefficient (Wildman–Crippen LogP) is 2.66. The van der Waals surface area contributed by atoms with Gasteiger partial charge in [0.1, 0.15) is 5.01 Å². The van der Waals surface area contributed by atoms with Gasteiger partial charge in [-0.1, -0.05) is 29.0 Å². The van der Waals surface area contributed by atoms with Crippen molar-refractivity contribution in [3.8, 4) is 0 Å². The summed E-state index contributed by atoms with van der Waals surface area (Å²) in [5.74, 6) is -0.606. The number of nitrogens with one attached hydrogen (secondary N) is 1. The van der Waals surface area contributed by atoms with Crippen LogP contribution < -0.4 is 10.2 Å². The van der Waals surface area contributed by atoms with Crippen molar-refractivity contribution in [3.05, 3.63) is 34.8 Å². The Hall–Kier alpha value is -2.85. The lowest BCUT2D eigenvalue weighted by Gasteiger charge is -2.32. The van der Waals surface area contributed by atoms with Gasteiger partial charge in [0.05, 0.1) is 12.5 Å². The third kappa shape index (κ3) is 5.79. The van der Waals surface area contributed by atoms with Crippen LogP contribution in [0.15, 0.2) is 24.3 Å². The lowest BCUT2D eigenvalue weighted by molar-refractivity contribution is -0.138. The predicted molar refractivity (Wildman–Crippen MR) is 130 cm³/mol. The normalized spacial score (nSPS) is 19.0. The summed E-state index contributed by atoms with van der Waals surface area (Å²) in [5.41, 5.74) is 1.96. The minimum Gasteiger partial charge on any atom is -0.381 e. The molecule has 0 radical (unpaired) electrons. The van der Waals surface area contributed by atoms with Crippen LogP contribution in [0.5, 0.6) is 0 Å². The molecule has 10 heteroatoms. The minimum absolute atomic E-state index is 0.00452. The quantitative estimate of drug-likeness (QED) is 0.577. The van der Waals surface area contributed by atoms with Gasteiger partial charge in [0.25, 0.3) is 0 Å². The molecule has 9 nitrogen and oxygen atoms in total. The van der Waals surface area contributed by atoms with E-state index < -0.39 is 0 Å². The third-order valence-electron chi connectivity index (χ3n) is 6.36. The number of hydrogen-bond donors (Lipinski definition) is 1. The Labute approximate surface area is 203 Å². The molecule has 0 spiro atoms. The van der Waals surface area contributed by atoms with E-state index in [1.807, 2.05) is 38.1 Å². The summed E-state index contributed by atoms with van der Waals surface area (Å²) >= 11 is 1.36. The third-order valence-corrected chi connectivity index (χ3v) is 7.26. The number of ether oxygens (including phenoxy) is 1. The van der Waals surface area contributed by atoms with Gasteiger partial charge in [-0.15, -0.1) is 10.2 Å². The summed E-state index contributed by atoms with van der Waals surface area (Å²) in [6.07, 6.45) is 2.09. The van der Waals surface area contributed by atoms with Gasteiger partial charge >= 0.3 is 0 Å². The second kappa shape index (κ2) is 11.1. The topological polar surface area (TPSA) is 105 Å². The molecule has 182 valence electrons. The summed E-state index contributed by atoms with van der Waals surface area (Å²) in [7, 11) is 0. The molecule has 1 atom stereocenters. The van der Waals surface area contributed by atoms with Crippen molar-refractivity contribution in [3.63, 3.8) is 0 Å². The van der Waals surface area contributed by atoms with Crippen molar-refractivity contribution >= 4 is 39.9 Å². The molecule has 4 rings (SSSR count). The standard InChI is InChI=1S/C24H31N5O4S/c1-3-33-13-10-20-26-27-24(34-20)25-22(31)17-8-11-28(12-9-17)23(32)18-14-21(30)29(15-18)19-6-4-16(2)5-7-19/h4-7,17-18H,3,8-15H2,1-2H3,(H,25,27,31). The van der Waals surface area contributed by atoms with Crippen molar-refractivity contribution < 1.29 is 19.1 Å². The molecular formula is C24H31N5O4S. The van der Waals surface area contributed by atoms with Gasteiger partial charge in [-0.3, -0.25) is 14.4 Å². The van der Waals surface area contributed by atoms with E-state index in [2.05, 4.69) is 15.5 Å². The molecule has 1 N–H and O–H groups in total. The highest BCUT2D eigenvalue weighted by molar-refractivity contribution is 7.15. The van der Waals surface area contributed by atoms with E-state index >= 15 is 0 Å². The van der Waals surface area contributed by atoms with Gasteiger partial charge in [0.2, 0.25) is 22.9 Å². The zero-order valence-electron chi connectivity index (χ0n) is 19.7. The van der Waals surface area contributed by atoms with E-state index in [4.69, 9.17) is 4.74 Å². The molecule has 1 aromatic carbocycles. The van der Waals surface area contributed by atoms with E-state index in [1.165, 1.54) is 11.3 Å². The summed E-state index contributed by atoms with van der Waals surface area (Å²) in [5, 5.41) is 12.3. The van der Waals surface area contributed by atoms with Crippen molar-refractivity contribution in [2.45, 2.75) is 39.5 Å². The van der Waals surface area contributed by atoms with E-state index in [-0.39, 0.29) is 36.0 Å². The number of benzene rings is 1. The molecular weight excluding hydrogens is 454 g/mol. The first-order valence-electron chi connectivity index (χ1n) is 11.8. The number of anilines is 2. The van der Waals surface area contributed by atoms with Crippen LogP contribution in [-0.4, -0.2) is 65.7 Å². The maximum Gasteiger partial charge on any atom is 0.229 e. The number of nitrogens with zero attached hydrogens (tertiary/aromatic N) is 4. The Morgan fingerprint density at radius 3 is 2.59 bits per heavy atom. The van der Waals surface area contributed by atoms with Crippen LogP contribution in [0.3, 0.4) is 0 Å². The SMILES string of the molecule is CCOCCc1nnc(NC(=O)C2CCN(C(=O)C3CC(=O)N(c4ccc(C)cc4)C3)CC2)s1. The van der Waals surface area contributed by atoms with E-state index in [1.54, 1.807) is 9.80 Å². The van der Waals surface area contributed by atoms with Crippen LogP contribution in [0.4, 0.5) is 10.8 Å². The van der Waals surface area contributed by atoms with Crippen molar-refractivity contribution in [1.29, 1.82) is 0 Å². The molecule has 1 unspecified atom stereocenters. The number of carbonyl (C=O) groups excluding carboxylic acids is 3. The fourth-order valence-corrected chi connectivity index (χ4v) is 5.11. The lowest BCUT2D eigenvalue weighted by Crippen LogP contribution is -2.44. The van der Waals surface area contributed by atoms with Gasteiger partial charge in [-0.25, -0.2) is 0 Å². The highest BCUT2D eigenvalue weighted by Gasteiger charge is 2.38. The largest absolute Gasteiger partial charge is 0.381 e. The van der Waals surface area contributed by atoms with Crippen LogP contribution in [0, 0.1) is 18.8 Å². The second-order valence-electron chi connectivity index (χ2n) is 8.78. The molecule has 2 fully saturated rings. The number of amides is 3. The highest BCUT2D eigenvalue weighted by Crippen LogP contribution is 2.28. The Bertz CT molecular complexity index is 1020. The maximum absolute atomic E-state index is 13.1. The Morgan fingerprint density at radius 2 is 1.88 bits per heavy atom. The van der Waals surface area contributed by atoms with Crippen LogP contribution in [0.25, 0.3) is 0 Å². The average Bonchev–Trinajstić information content (AvgIpc) is 3.45. The summed E-state index contributed by atoms with van der Waals surface area (Å²) in [6.45, 7) is 6.62. The van der Waals surface area contributed by atoms with Gasteiger partial charge in [-0.2, -0.15) is 0 Å². The van der Waals surface area contributed by atoms with Gasteiger partial charge in [-0.05, 0) is 38.8 Å². The summed E-state index contributed by atoms with van der Waals surface area (Å²) in [6, 6.07) is 7.78. The molecule has 3 amide bonds. The number of rotatable bonds is 8. The van der Waals surface area contributed by atoms with Gasteiger partial charge in [0, 0.05) is 50.7 Å². The number of hydrogen-bond acceptors (Lipinski definition) is 7. The Kier molecular flexibility index (Phi) is 7.89. The molecule has 2 aliphatic heterocycles. The molecule has 1 aromatic heterocycles. The molecule has 2 aromatic rings. The van der Waals surface area contributed by atoms with Crippen LogP contribution >= 0.6 is 11.3 Å². The molecule has 3 heterocycles. The first-order valence-corrected chi connectivity index (χ1v) is 12.6. The Morgan fingerprint density at radius 1 is 1.15 bits per heavy atom. The van der Waals surface area contributed by atoms with E-state index in [0.717, 1.165) is 16.3 Å². The monoisotopic (exact) mass is 485 g/mol. The van der Waals surface area contributed by atoms with Crippen molar-refractivity contribution in [2.75, 3.05) is 43.1 Å². The molecule has 34 heavy (non-hydrogen) atoms. The highest BCUT2D eigenvalue weighted by atomic mass is 32.1. The number of carbonyl (C=O) groups is 3. The molecule has 0 saturated carbocycles. The van der Waals surface area contributed by atoms with E-state index in [9.17, 15) is 14.4 Å². The molecule has 2 aliphatic rings. The van der Waals surface area contributed by atoms with Gasteiger partial charge < -0.3 is 19.9 Å². The van der Waals surface area contributed by atoms with Crippen LogP contribution in [0.2, 0.25) is 0 Å². The number of piperidine rings is 1. The molecule has 0 bridgehead atoms. The number of aromatic nitrogens is 2. The second-order valence-corrected chi connectivity index (χ2v) is 9.84. The van der Waals surface area contributed by atoms with Crippen LogP contribution in [0.1, 0.15) is 36.8 Å². The van der Waals surface area contributed by atoms with Gasteiger partial charge in [0.15, 0.2) is 0 Å². The number of aryl methyl sites for hydroxylation is 1. The minimum atomic E-state index is -0.337. The first kappa shape index (κ1) is 24.3. The summed E-state index contributed by atoms with van der Waals surface area (Å²) < 4.78 is 5.33. The molecule has 2 saturated heterocycles. The van der Waals surface area contributed by atoms with Crippen LogP contribution in [-0.2, 0) is 25.5 Å². The zero-order chi connectivity index (χ0) is 24.1. The van der Waals surface area contributed by atoms with E-state index in [0.29, 0.717) is 57.2 Å².